The number of amides is 1. The summed E-state index contributed by atoms with van der Waals surface area (Å²) in [4.78, 5) is 14.1. The minimum Gasteiger partial charge on any atom is -0.340 e. The second kappa shape index (κ2) is 5.14. The molecule has 1 rings (SSSR count). The number of aryl methyl sites for hydroxylation is 1. The van der Waals surface area contributed by atoms with Crippen molar-refractivity contribution in [1.82, 2.24) is 4.90 Å². The molecule has 0 saturated carbocycles. The molecule has 14 heavy (non-hydrogen) atoms. The van der Waals surface area contributed by atoms with Crippen molar-refractivity contribution in [3.05, 3.63) is 20.8 Å². The molecule has 0 aliphatic carbocycles. The summed E-state index contributed by atoms with van der Waals surface area (Å²) in [5, 5.41) is 3.26. The minimum atomic E-state index is -0.00690. The van der Waals surface area contributed by atoms with E-state index in [0.717, 1.165) is 10.9 Å². The molecular weight excluding hydrogens is 286 g/mol. The molecule has 0 aliphatic heterocycles. The quantitative estimate of drug-likeness (QED) is 0.785. The molecule has 0 N–H and O–H groups in total. The van der Waals surface area contributed by atoms with Crippen molar-refractivity contribution in [2.45, 2.75) is 6.92 Å². The number of halogens is 2. The van der Waals surface area contributed by atoms with Gasteiger partial charge in [0, 0.05) is 18.9 Å². The van der Waals surface area contributed by atoms with Crippen LogP contribution >= 0.6 is 38.9 Å². The lowest BCUT2D eigenvalue weighted by atomic mass is 10.3. The minimum absolute atomic E-state index is 0.00690. The normalized spacial score (nSPS) is 10.3. The van der Waals surface area contributed by atoms with Crippen LogP contribution in [0, 0.1) is 6.92 Å². The molecule has 0 fully saturated rings. The van der Waals surface area contributed by atoms with Crippen LogP contribution in [0.15, 0.2) is 5.38 Å². The summed E-state index contributed by atoms with van der Waals surface area (Å²) in [7, 11) is 1.77. The van der Waals surface area contributed by atoms with Gasteiger partial charge >= 0.3 is 0 Å². The number of hydrogen-bond acceptors (Lipinski definition) is 2. The lowest BCUT2D eigenvalue weighted by molar-refractivity contribution is 0.0809. The third-order valence-electron chi connectivity index (χ3n) is 1.86. The maximum absolute atomic E-state index is 11.8. The van der Waals surface area contributed by atoms with Gasteiger partial charge in [-0.05, 0) is 17.9 Å². The average molecular weight is 297 g/mol. The van der Waals surface area contributed by atoms with Crippen molar-refractivity contribution in [2.75, 3.05) is 18.9 Å². The van der Waals surface area contributed by atoms with Gasteiger partial charge in [-0.1, -0.05) is 27.5 Å². The number of alkyl halides is 1. The van der Waals surface area contributed by atoms with Crippen molar-refractivity contribution in [3.8, 4) is 0 Å². The summed E-state index contributed by atoms with van der Waals surface area (Å²) in [6.07, 6.45) is 0. The number of rotatable bonds is 3. The fourth-order valence-corrected chi connectivity index (χ4v) is 2.78. The number of hydrogen-bond donors (Lipinski definition) is 0. The van der Waals surface area contributed by atoms with Crippen LogP contribution in [0.2, 0.25) is 5.02 Å². The van der Waals surface area contributed by atoms with Crippen LogP contribution in [-0.4, -0.2) is 29.7 Å². The molecule has 0 radical (unpaired) electrons. The zero-order valence-electron chi connectivity index (χ0n) is 8.01. The molecule has 78 valence electrons. The zero-order valence-corrected chi connectivity index (χ0v) is 11.2. The van der Waals surface area contributed by atoms with Crippen molar-refractivity contribution >= 4 is 44.8 Å². The van der Waals surface area contributed by atoms with Gasteiger partial charge in [-0.3, -0.25) is 4.79 Å². The molecule has 1 aromatic heterocycles. The van der Waals surface area contributed by atoms with E-state index in [0.29, 0.717) is 16.4 Å². The van der Waals surface area contributed by atoms with Gasteiger partial charge in [0.1, 0.15) is 4.88 Å². The van der Waals surface area contributed by atoms with Crippen LogP contribution in [0.1, 0.15) is 15.2 Å². The first-order valence-corrected chi connectivity index (χ1v) is 6.51. The molecule has 1 aromatic rings. The van der Waals surface area contributed by atoms with Crippen LogP contribution in [0.5, 0.6) is 0 Å². The smallest absolute Gasteiger partial charge is 0.265 e. The van der Waals surface area contributed by atoms with Crippen molar-refractivity contribution in [3.63, 3.8) is 0 Å². The molecule has 0 aliphatic rings. The SMILES string of the molecule is Cc1csc(C(=O)N(C)CCBr)c1Cl. The summed E-state index contributed by atoms with van der Waals surface area (Å²) >= 11 is 10.7. The van der Waals surface area contributed by atoms with Gasteiger partial charge in [-0.15, -0.1) is 11.3 Å². The first-order chi connectivity index (χ1) is 6.57. The summed E-state index contributed by atoms with van der Waals surface area (Å²) in [5.74, 6) is -0.00690. The Labute approximate surface area is 101 Å². The van der Waals surface area contributed by atoms with Gasteiger partial charge in [0.25, 0.3) is 5.91 Å². The number of nitrogens with zero attached hydrogens (tertiary/aromatic N) is 1. The number of carbonyl (C=O) groups is 1. The predicted molar refractivity (Wildman–Crippen MR) is 64.8 cm³/mol. The number of thiophene rings is 1. The first kappa shape index (κ1) is 12.0. The van der Waals surface area contributed by atoms with E-state index in [-0.39, 0.29) is 5.91 Å². The highest BCUT2D eigenvalue weighted by molar-refractivity contribution is 9.09. The van der Waals surface area contributed by atoms with Crippen molar-refractivity contribution in [2.24, 2.45) is 0 Å². The molecule has 1 heterocycles. The molecule has 0 saturated heterocycles. The van der Waals surface area contributed by atoms with Gasteiger partial charge in [-0.2, -0.15) is 0 Å². The molecule has 5 heteroatoms. The van der Waals surface area contributed by atoms with Gasteiger partial charge in [0.2, 0.25) is 0 Å². The zero-order chi connectivity index (χ0) is 10.7. The highest BCUT2D eigenvalue weighted by Gasteiger charge is 2.17. The maximum Gasteiger partial charge on any atom is 0.265 e. The molecule has 2 nitrogen and oxygen atoms in total. The van der Waals surface area contributed by atoms with E-state index in [2.05, 4.69) is 15.9 Å². The Morgan fingerprint density at radius 3 is 2.79 bits per heavy atom. The third kappa shape index (κ3) is 2.49. The van der Waals surface area contributed by atoms with Gasteiger partial charge in [0.15, 0.2) is 0 Å². The van der Waals surface area contributed by atoms with E-state index < -0.39 is 0 Å². The van der Waals surface area contributed by atoms with E-state index in [9.17, 15) is 4.79 Å². The van der Waals surface area contributed by atoms with E-state index in [4.69, 9.17) is 11.6 Å². The molecule has 0 spiro atoms. The molecular formula is C9H11BrClNOS. The van der Waals surface area contributed by atoms with Crippen molar-refractivity contribution in [1.29, 1.82) is 0 Å². The van der Waals surface area contributed by atoms with E-state index in [1.807, 2.05) is 12.3 Å². The molecule has 0 aromatic carbocycles. The molecule has 0 atom stereocenters. The monoisotopic (exact) mass is 295 g/mol. The van der Waals surface area contributed by atoms with Gasteiger partial charge in [0.05, 0.1) is 5.02 Å². The highest BCUT2D eigenvalue weighted by Crippen LogP contribution is 2.27. The van der Waals surface area contributed by atoms with Crippen LogP contribution in [0.4, 0.5) is 0 Å². The first-order valence-electron chi connectivity index (χ1n) is 4.13. The molecule has 1 amide bonds. The highest BCUT2D eigenvalue weighted by atomic mass is 79.9. The van der Waals surface area contributed by atoms with Gasteiger partial charge in [-0.25, -0.2) is 0 Å². The summed E-state index contributed by atoms with van der Waals surface area (Å²) in [6.45, 7) is 2.59. The standard InChI is InChI=1S/C9H11BrClNOS/c1-6-5-14-8(7(6)11)9(13)12(2)4-3-10/h5H,3-4H2,1-2H3. The Bertz CT molecular complexity index is 340. The predicted octanol–water partition coefficient (Wildman–Crippen LogP) is 3.18. The topological polar surface area (TPSA) is 20.3 Å². The van der Waals surface area contributed by atoms with Gasteiger partial charge < -0.3 is 4.90 Å². The summed E-state index contributed by atoms with van der Waals surface area (Å²) < 4.78 is 0. The lowest BCUT2D eigenvalue weighted by Gasteiger charge is -2.14. The van der Waals surface area contributed by atoms with Crippen LogP contribution in [0.3, 0.4) is 0 Å². The molecule has 0 unspecified atom stereocenters. The van der Waals surface area contributed by atoms with E-state index >= 15 is 0 Å². The Morgan fingerprint density at radius 2 is 2.36 bits per heavy atom. The van der Waals surface area contributed by atoms with Crippen molar-refractivity contribution < 1.29 is 4.79 Å². The number of carbonyl (C=O) groups excluding carboxylic acids is 1. The second-order valence-corrected chi connectivity index (χ2v) is 5.03. The van der Waals surface area contributed by atoms with E-state index in [1.165, 1.54) is 11.3 Å². The summed E-state index contributed by atoms with van der Waals surface area (Å²) in [6, 6.07) is 0. The Kier molecular flexibility index (Phi) is 4.41. The Hall–Kier alpha value is -0.0600. The second-order valence-electron chi connectivity index (χ2n) is 2.98. The summed E-state index contributed by atoms with van der Waals surface area (Å²) in [5.41, 5.74) is 0.965. The fourth-order valence-electron chi connectivity index (χ4n) is 0.976. The Balaban J connectivity index is 2.84. The van der Waals surface area contributed by atoms with E-state index in [1.54, 1.807) is 11.9 Å². The van der Waals surface area contributed by atoms with Crippen LogP contribution in [-0.2, 0) is 0 Å². The Morgan fingerprint density at radius 1 is 1.71 bits per heavy atom. The lowest BCUT2D eigenvalue weighted by Crippen LogP contribution is -2.27. The van der Waals surface area contributed by atoms with Crippen LogP contribution in [0.25, 0.3) is 0 Å². The van der Waals surface area contributed by atoms with Crippen LogP contribution < -0.4 is 0 Å². The largest absolute Gasteiger partial charge is 0.340 e. The average Bonchev–Trinajstić information content (AvgIpc) is 2.47. The maximum atomic E-state index is 11.8. The third-order valence-corrected chi connectivity index (χ3v) is 3.90. The fraction of sp³-hybridized carbons (Fsp3) is 0.444. The molecule has 0 bridgehead atoms.